The number of phosphoric ester groups is 1. The number of benzene rings is 1. The number of imidazole rings is 1. The number of carbonyl (C=O) groups is 1. The van der Waals surface area contributed by atoms with E-state index in [9.17, 15) is 14.5 Å². The molecule has 0 saturated carbocycles. The maximum atomic E-state index is 12.8. The number of nitrogens with zero attached hydrogens (tertiary/aromatic N) is 4. The zero-order valence-corrected chi connectivity index (χ0v) is 18.8. The van der Waals surface area contributed by atoms with Crippen LogP contribution in [0.15, 0.2) is 36.9 Å². The van der Waals surface area contributed by atoms with Crippen molar-refractivity contribution in [1.82, 2.24) is 19.5 Å². The van der Waals surface area contributed by atoms with Crippen LogP contribution in [-0.2, 0) is 18.6 Å². The Bertz CT molecular complexity index is 1230. The Hall–Kier alpha value is -2.97. The molecule has 1 aliphatic rings. The first-order valence-electron chi connectivity index (χ1n) is 10.1. The van der Waals surface area contributed by atoms with E-state index in [1.165, 1.54) is 17.2 Å². The van der Waals surface area contributed by atoms with E-state index < -0.39 is 45.6 Å². The Balaban J connectivity index is 1.60. The van der Waals surface area contributed by atoms with Crippen molar-refractivity contribution >= 4 is 36.3 Å². The molecule has 3 heterocycles. The Labute approximate surface area is 192 Å². The van der Waals surface area contributed by atoms with Gasteiger partial charge in [0, 0.05) is 18.3 Å². The fourth-order valence-electron chi connectivity index (χ4n) is 3.68. The van der Waals surface area contributed by atoms with Gasteiger partial charge in [-0.2, -0.15) is 0 Å². The molecular weight excluding hydrogens is 471 g/mol. The lowest BCUT2D eigenvalue weighted by Crippen LogP contribution is -2.37. The Morgan fingerprint density at radius 1 is 1.29 bits per heavy atom. The number of hydrogen-bond acceptors (Lipinski definition) is 11. The predicted octanol–water partition coefficient (Wildman–Crippen LogP) is 0.0859. The van der Waals surface area contributed by atoms with Gasteiger partial charge in [0.25, 0.3) is 0 Å². The molecule has 0 aliphatic carbocycles. The number of carbonyl (C=O) groups excluding carboxylic acids is 1. The molecule has 1 saturated heterocycles. The summed E-state index contributed by atoms with van der Waals surface area (Å²) in [7, 11) is -3.14. The van der Waals surface area contributed by atoms with Crippen LogP contribution >= 0.6 is 7.82 Å². The number of Topliss-reactive ketones (excluding diaryl/α,β-unsaturated/α-hetero) is 1. The fraction of sp³-hybridized carbons (Fsp3) is 0.368. The first kappa shape index (κ1) is 24.2. The molecule has 4 rings (SSSR count). The largest absolute Gasteiger partial charge is 0.469 e. The number of ether oxygens (including phenoxy) is 2. The van der Waals surface area contributed by atoms with Crippen LogP contribution < -0.4 is 11.1 Å². The lowest BCUT2D eigenvalue weighted by atomic mass is 10.1. The third-order valence-electron chi connectivity index (χ3n) is 5.28. The normalized spacial score (nSPS) is 22.8. The Kier molecular flexibility index (Phi) is 6.91. The van der Waals surface area contributed by atoms with Gasteiger partial charge in [-0.3, -0.25) is 13.9 Å². The molecule has 0 amide bonds. The number of nitrogen functional groups attached to an aromatic ring is 1. The second kappa shape index (κ2) is 9.72. The zero-order valence-electron chi connectivity index (χ0n) is 17.9. The van der Waals surface area contributed by atoms with Gasteiger partial charge in [0.15, 0.2) is 23.5 Å². The highest BCUT2D eigenvalue weighted by Gasteiger charge is 2.47. The van der Waals surface area contributed by atoms with Gasteiger partial charge in [0.2, 0.25) is 0 Å². The van der Waals surface area contributed by atoms with Crippen LogP contribution in [0, 0.1) is 0 Å². The van der Waals surface area contributed by atoms with Crippen molar-refractivity contribution < 1.29 is 38.3 Å². The van der Waals surface area contributed by atoms with Crippen LogP contribution in [0.1, 0.15) is 16.6 Å². The highest BCUT2D eigenvalue weighted by molar-refractivity contribution is 7.46. The molecule has 6 N–H and O–H groups in total. The molecule has 4 atom stereocenters. The number of ketones is 1. The second-order valence-electron chi connectivity index (χ2n) is 7.42. The van der Waals surface area contributed by atoms with Gasteiger partial charge < -0.3 is 35.4 Å². The molecule has 3 aromatic rings. The van der Waals surface area contributed by atoms with Crippen LogP contribution in [0.25, 0.3) is 11.2 Å². The monoisotopic (exact) mass is 494 g/mol. The first-order valence-corrected chi connectivity index (χ1v) is 11.6. The van der Waals surface area contributed by atoms with Crippen LogP contribution in [-0.4, -0.2) is 78.8 Å². The number of nitrogens with one attached hydrogen (secondary N) is 1. The number of rotatable bonds is 9. The van der Waals surface area contributed by atoms with E-state index in [0.29, 0.717) is 11.3 Å². The molecule has 14 nitrogen and oxygen atoms in total. The predicted molar refractivity (Wildman–Crippen MR) is 118 cm³/mol. The molecule has 2 aromatic heterocycles. The number of aromatic nitrogens is 4. The summed E-state index contributed by atoms with van der Waals surface area (Å²) in [6.45, 7) is -1.03. The number of phosphoric acid groups is 1. The van der Waals surface area contributed by atoms with Crippen LogP contribution in [0.2, 0.25) is 0 Å². The SMILES string of the molecule is CNc1ccccc1C(=O)COC1C(O)C(COP(=O)(O)O)OC1n1cnc2c(N)ncnc21. The maximum Gasteiger partial charge on any atom is 0.469 e. The van der Waals surface area contributed by atoms with Gasteiger partial charge in [-0.05, 0) is 12.1 Å². The molecule has 0 bridgehead atoms. The quantitative estimate of drug-likeness (QED) is 0.198. The van der Waals surface area contributed by atoms with Crippen LogP contribution in [0.5, 0.6) is 0 Å². The lowest BCUT2D eigenvalue weighted by molar-refractivity contribution is -0.0653. The molecule has 0 spiro atoms. The number of aliphatic hydroxyl groups excluding tert-OH is 1. The van der Waals surface area contributed by atoms with Crippen molar-refractivity contribution in [1.29, 1.82) is 0 Å². The lowest BCUT2D eigenvalue weighted by Gasteiger charge is -2.22. The zero-order chi connectivity index (χ0) is 24.5. The third-order valence-corrected chi connectivity index (χ3v) is 5.77. The average Bonchev–Trinajstić information content (AvgIpc) is 3.37. The number of para-hydroxylation sites is 1. The van der Waals surface area contributed by atoms with E-state index in [1.807, 2.05) is 0 Å². The third kappa shape index (κ3) is 4.93. The van der Waals surface area contributed by atoms with Gasteiger partial charge in [0.1, 0.15) is 36.8 Å². The minimum Gasteiger partial charge on any atom is -0.388 e. The van der Waals surface area contributed by atoms with Crippen molar-refractivity contribution in [3.63, 3.8) is 0 Å². The summed E-state index contributed by atoms with van der Waals surface area (Å²) in [5.41, 5.74) is 7.40. The summed E-state index contributed by atoms with van der Waals surface area (Å²) >= 11 is 0. The summed E-state index contributed by atoms with van der Waals surface area (Å²) in [5, 5.41) is 13.8. The Morgan fingerprint density at radius 2 is 2.06 bits per heavy atom. The van der Waals surface area contributed by atoms with Gasteiger partial charge >= 0.3 is 7.82 Å². The molecule has 1 aromatic carbocycles. The van der Waals surface area contributed by atoms with E-state index in [1.54, 1.807) is 31.3 Å². The molecule has 1 aliphatic heterocycles. The summed E-state index contributed by atoms with van der Waals surface area (Å²) < 4.78 is 28.7. The minimum atomic E-state index is -4.82. The standard InChI is InChI=1S/C19H23N6O8P/c1-21-11-5-3-2-4-10(11)12(26)6-31-16-15(27)13(7-32-34(28,29)30)33-19(16)25-9-24-14-17(20)22-8-23-18(14)25/h2-5,8-9,13,15-16,19,21,27H,6-7H2,1H3,(H2,20,22,23)(H2,28,29,30). The summed E-state index contributed by atoms with van der Waals surface area (Å²) in [5.74, 6) is -0.229. The molecular formula is C19H23N6O8P. The van der Waals surface area contributed by atoms with Gasteiger partial charge in [-0.25, -0.2) is 19.5 Å². The van der Waals surface area contributed by atoms with Crippen molar-refractivity contribution in [3.05, 3.63) is 42.5 Å². The first-order chi connectivity index (χ1) is 16.2. The molecule has 34 heavy (non-hydrogen) atoms. The number of fused-ring (bicyclic) bond motifs is 1. The number of anilines is 2. The van der Waals surface area contributed by atoms with E-state index in [2.05, 4.69) is 24.8 Å². The van der Waals surface area contributed by atoms with Crippen LogP contribution in [0.3, 0.4) is 0 Å². The van der Waals surface area contributed by atoms with E-state index in [-0.39, 0.29) is 22.8 Å². The van der Waals surface area contributed by atoms with Crippen molar-refractivity contribution in [2.45, 2.75) is 24.5 Å². The highest BCUT2D eigenvalue weighted by Crippen LogP contribution is 2.39. The van der Waals surface area contributed by atoms with Crippen molar-refractivity contribution in [2.75, 3.05) is 31.3 Å². The summed E-state index contributed by atoms with van der Waals surface area (Å²) in [6.07, 6.45) is -2.20. The number of hydrogen-bond donors (Lipinski definition) is 5. The number of nitrogens with two attached hydrogens (primary N) is 1. The molecule has 0 radical (unpaired) electrons. The average molecular weight is 494 g/mol. The minimum absolute atomic E-state index is 0.125. The molecule has 15 heteroatoms. The van der Waals surface area contributed by atoms with E-state index >= 15 is 0 Å². The molecule has 182 valence electrons. The van der Waals surface area contributed by atoms with Gasteiger partial charge in [0.05, 0.1) is 12.9 Å². The van der Waals surface area contributed by atoms with Crippen molar-refractivity contribution in [2.24, 2.45) is 0 Å². The van der Waals surface area contributed by atoms with E-state index in [0.717, 1.165) is 0 Å². The Morgan fingerprint density at radius 3 is 2.79 bits per heavy atom. The number of aliphatic hydroxyl groups is 1. The van der Waals surface area contributed by atoms with Gasteiger partial charge in [-0.15, -0.1) is 0 Å². The topological polar surface area (TPSA) is 204 Å². The maximum absolute atomic E-state index is 12.8. The molecule has 4 unspecified atom stereocenters. The van der Waals surface area contributed by atoms with E-state index in [4.69, 9.17) is 25.0 Å². The smallest absolute Gasteiger partial charge is 0.388 e. The van der Waals surface area contributed by atoms with Crippen molar-refractivity contribution in [3.8, 4) is 0 Å². The summed E-state index contributed by atoms with van der Waals surface area (Å²) in [6, 6.07) is 6.86. The molecule has 1 fully saturated rings. The van der Waals surface area contributed by atoms with Crippen LogP contribution in [0.4, 0.5) is 11.5 Å². The fourth-order valence-corrected chi connectivity index (χ4v) is 4.02. The highest BCUT2D eigenvalue weighted by atomic mass is 31.2. The second-order valence-corrected chi connectivity index (χ2v) is 8.66. The summed E-state index contributed by atoms with van der Waals surface area (Å²) in [4.78, 5) is 43.0. The van der Waals surface area contributed by atoms with Gasteiger partial charge in [-0.1, -0.05) is 12.1 Å².